The molecular weight excluding hydrogens is 312 g/mol. The van der Waals surface area contributed by atoms with Gasteiger partial charge in [0.05, 0.1) is 0 Å². The standard InChI is InChI=1S/C15H18BrClO/c16-11-5-4-6-12(9-11)18-14-10-13(17)15(14)7-2-1-3-8-15/h4-6,9,13-14H,1-3,7-8,10H2. The van der Waals surface area contributed by atoms with Crippen molar-refractivity contribution in [3.63, 3.8) is 0 Å². The fourth-order valence-electron chi connectivity index (χ4n) is 3.41. The van der Waals surface area contributed by atoms with Gasteiger partial charge in [0.1, 0.15) is 11.9 Å². The summed E-state index contributed by atoms with van der Waals surface area (Å²) in [7, 11) is 0. The van der Waals surface area contributed by atoms with Crippen LogP contribution in [0.25, 0.3) is 0 Å². The van der Waals surface area contributed by atoms with Crippen molar-refractivity contribution in [2.75, 3.05) is 0 Å². The van der Waals surface area contributed by atoms with E-state index in [2.05, 4.69) is 15.9 Å². The van der Waals surface area contributed by atoms with Crippen LogP contribution in [-0.2, 0) is 0 Å². The van der Waals surface area contributed by atoms with Crippen LogP contribution >= 0.6 is 27.5 Å². The van der Waals surface area contributed by atoms with Crippen molar-refractivity contribution in [3.8, 4) is 5.75 Å². The highest BCUT2D eigenvalue weighted by Gasteiger charge is 2.55. The highest BCUT2D eigenvalue weighted by atomic mass is 79.9. The van der Waals surface area contributed by atoms with Crippen molar-refractivity contribution in [3.05, 3.63) is 28.7 Å². The van der Waals surface area contributed by atoms with Gasteiger partial charge in [0.2, 0.25) is 0 Å². The summed E-state index contributed by atoms with van der Waals surface area (Å²) in [6.45, 7) is 0. The number of alkyl halides is 1. The maximum Gasteiger partial charge on any atom is 0.120 e. The van der Waals surface area contributed by atoms with Crippen molar-refractivity contribution < 1.29 is 4.74 Å². The third kappa shape index (κ3) is 2.18. The summed E-state index contributed by atoms with van der Waals surface area (Å²) in [5.41, 5.74) is 0.252. The zero-order valence-corrected chi connectivity index (χ0v) is 12.7. The molecule has 2 aliphatic rings. The molecule has 2 unspecified atom stereocenters. The number of ether oxygens (including phenoxy) is 1. The molecular formula is C15H18BrClO. The first-order chi connectivity index (χ1) is 8.71. The molecule has 0 amide bonds. The summed E-state index contributed by atoms with van der Waals surface area (Å²) in [4.78, 5) is 0. The molecule has 0 aliphatic heterocycles. The Morgan fingerprint density at radius 1 is 1.22 bits per heavy atom. The molecule has 0 heterocycles. The monoisotopic (exact) mass is 328 g/mol. The lowest BCUT2D eigenvalue weighted by Crippen LogP contribution is -2.58. The van der Waals surface area contributed by atoms with Crippen molar-refractivity contribution in [1.29, 1.82) is 0 Å². The summed E-state index contributed by atoms with van der Waals surface area (Å²) in [5, 5.41) is 0.315. The highest BCUT2D eigenvalue weighted by molar-refractivity contribution is 9.10. The third-order valence-corrected chi connectivity index (χ3v) is 5.65. The van der Waals surface area contributed by atoms with E-state index >= 15 is 0 Å². The number of benzene rings is 1. The van der Waals surface area contributed by atoms with E-state index < -0.39 is 0 Å². The van der Waals surface area contributed by atoms with E-state index in [1.54, 1.807) is 0 Å². The molecule has 2 fully saturated rings. The quantitative estimate of drug-likeness (QED) is 0.681. The Kier molecular flexibility index (Phi) is 3.59. The molecule has 2 atom stereocenters. The average molecular weight is 330 g/mol. The molecule has 18 heavy (non-hydrogen) atoms. The number of halogens is 2. The van der Waals surface area contributed by atoms with Gasteiger partial charge in [-0.05, 0) is 31.0 Å². The first-order valence-electron chi connectivity index (χ1n) is 6.77. The molecule has 2 saturated carbocycles. The normalized spacial score (nSPS) is 29.9. The minimum absolute atomic E-state index is 0.252. The summed E-state index contributed by atoms with van der Waals surface area (Å²) >= 11 is 9.97. The molecule has 0 aromatic heterocycles. The van der Waals surface area contributed by atoms with Crippen LogP contribution in [0.4, 0.5) is 0 Å². The Morgan fingerprint density at radius 3 is 2.67 bits per heavy atom. The maximum atomic E-state index is 6.49. The lowest BCUT2D eigenvalue weighted by Gasteiger charge is -2.55. The number of hydrogen-bond acceptors (Lipinski definition) is 1. The van der Waals surface area contributed by atoms with Gasteiger partial charge in [-0.25, -0.2) is 0 Å². The van der Waals surface area contributed by atoms with Crippen LogP contribution < -0.4 is 4.74 Å². The van der Waals surface area contributed by atoms with Gasteiger partial charge in [0, 0.05) is 21.7 Å². The first-order valence-corrected chi connectivity index (χ1v) is 8.00. The van der Waals surface area contributed by atoms with Crippen LogP contribution in [0.3, 0.4) is 0 Å². The molecule has 1 nitrogen and oxygen atoms in total. The smallest absolute Gasteiger partial charge is 0.120 e. The van der Waals surface area contributed by atoms with E-state index in [-0.39, 0.29) is 5.41 Å². The molecule has 98 valence electrons. The molecule has 1 aromatic carbocycles. The minimum atomic E-state index is 0.252. The van der Waals surface area contributed by atoms with Crippen molar-refractivity contribution in [2.45, 2.75) is 50.0 Å². The van der Waals surface area contributed by atoms with E-state index in [1.807, 2.05) is 24.3 Å². The fourth-order valence-corrected chi connectivity index (χ4v) is 4.31. The first kappa shape index (κ1) is 12.8. The highest BCUT2D eigenvalue weighted by Crippen LogP contribution is 2.55. The van der Waals surface area contributed by atoms with Crippen LogP contribution in [0, 0.1) is 5.41 Å². The Balaban J connectivity index is 1.73. The SMILES string of the molecule is ClC1CC(Oc2cccc(Br)c2)C12CCCCC2. The summed E-state index contributed by atoms with van der Waals surface area (Å²) in [6.07, 6.45) is 7.75. The van der Waals surface area contributed by atoms with Crippen molar-refractivity contribution in [2.24, 2.45) is 5.41 Å². The molecule has 3 rings (SSSR count). The number of hydrogen-bond donors (Lipinski definition) is 0. The Labute approximate surface area is 122 Å². The second kappa shape index (κ2) is 5.05. The van der Waals surface area contributed by atoms with Gasteiger partial charge in [-0.15, -0.1) is 11.6 Å². The summed E-state index contributed by atoms with van der Waals surface area (Å²) in [5.74, 6) is 0.961. The predicted octanol–water partition coefficient (Wildman–Crippen LogP) is 5.16. The molecule has 0 bridgehead atoms. The van der Waals surface area contributed by atoms with Crippen LogP contribution in [0.2, 0.25) is 0 Å². The van der Waals surface area contributed by atoms with Crippen LogP contribution in [-0.4, -0.2) is 11.5 Å². The zero-order chi connectivity index (χ0) is 12.6. The molecule has 2 aliphatic carbocycles. The van der Waals surface area contributed by atoms with Gasteiger partial charge in [-0.2, -0.15) is 0 Å². The number of rotatable bonds is 2. The maximum absolute atomic E-state index is 6.49. The molecule has 3 heteroatoms. The lowest BCUT2D eigenvalue weighted by molar-refractivity contribution is -0.0650. The Bertz CT molecular complexity index is 428. The van der Waals surface area contributed by atoms with Gasteiger partial charge in [-0.1, -0.05) is 41.3 Å². The molecule has 1 spiro atoms. The average Bonchev–Trinajstić information content (AvgIpc) is 2.39. The predicted molar refractivity (Wildman–Crippen MR) is 78.3 cm³/mol. The summed E-state index contributed by atoms with van der Waals surface area (Å²) < 4.78 is 7.25. The molecule has 0 saturated heterocycles. The van der Waals surface area contributed by atoms with Gasteiger partial charge in [0.15, 0.2) is 0 Å². The van der Waals surface area contributed by atoms with Gasteiger partial charge >= 0.3 is 0 Å². The topological polar surface area (TPSA) is 9.23 Å². The zero-order valence-electron chi connectivity index (χ0n) is 10.4. The largest absolute Gasteiger partial charge is 0.490 e. The fraction of sp³-hybridized carbons (Fsp3) is 0.600. The van der Waals surface area contributed by atoms with E-state index in [0.717, 1.165) is 16.6 Å². The second-order valence-corrected chi connectivity index (χ2v) is 7.00. The second-order valence-electron chi connectivity index (χ2n) is 5.56. The van der Waals surface area contributed by atoms with Crippen molar-refractivity contribution >= 4 is 27.5 Å². The van der Waals surface area contributed by atoms with Gasteiger partial charge in [-0.3, -0.25) is 0 Å². The van der Waals surface area contributed by atoms with Crippen molar-refractivity contribution in [1.82, 2.24) is 0 Å². The summed E-state index contributed by atoms with van der Waals surface area (Å²) in [6, 6.07) is 8.11. The van der Waals surface area contributed by atoms with E-state index in [4.69, 9.17) is 16.3 Å². The molecule has 1 aromatic rings. The van der Waals surface area contributed by atoms with Crippen LogP contribution in [0.15, 0.2) is 28.7 Å². The van der Waals surface area contributed by atoms with Crippen LogP contribution in [0.5, 0.6) is 5.75 Å². The van der Waals surface area contributed by atoms with E-state index in [0.29, 0.717) is 11.5 Å². The Morgan fingerprint density at radius 2 is 2.00 bits per heavy atom. The lowest BCUT2D eigenvalue weighted by atomic mass is 9.58. The molecule has 0 radical (unpaired) electrons. The third-order valence-electron chi connectivity index (χ3n) is 4.54. The molecule has 0 N–H and O–H groups in total. The van der Waals surface area contributed by atoms with Crippen LogP contribution in [0.1, 0.15) is 38.5 Å². The van der Waals surface area contributed by atoms with Gasteiger partial charge < -0.3 is 4.74 Å². The van der Waals surface area contributed by atoms with E-state index in [9.17, 15) is 0 Å². The minimum Gasteiger partial charge on any atom is -0.490 e. The Hall–Kier alpha value is -0.210. The van der Waals surface area contributed by atoms with E-state index in [1.165, 1.54) is 32.1 Å². The van der Waals surface area contributed by atoms with Gasteiger partial charge in [0.25, 0.3) is 0 Å².